The van der Waals surface area contributed by atoms with Crippen molar-refractivity contribution in [3.63, 3.8) is 0 Å². The molecule has 0 spiro atoms. The van der Waals surface area contributed by atoms with Crippen molar-refractivity contribution in [3.05, 3.63) is 41.9 Å². The van der Waals surface area contributed by atoms with Crippen molar-refractivity contribution in [1.82, 2.24) is 4.90 Å². The van der Waals surface area contributed by atoms with E-state index in [1.54, 1.807) is 6.20 Å². The molecule has 1 N–H and O–H groups in total. The Morgan fingerprint density at radius 3 is 2.50 bits per heavy atom. The van der Waals surface area contributed by atoms with Crippen molar-refractivity contribution in [2.45, 2.75) is 25.8 Å². The number of likely N-dealkylation sites (N-methyl/N-ethyl adjacent to an activating group) is 1. The van der Waals surface area contributed by atoms with Crippen LogP contribution in [0.3, 0.4) is 0 Å². The van der Waals surface area contributed by atoms with Gasteiger partial charge in [-0.15, -0.1) is 0 Å². The van der Waals surface area contributed by atoms with E-state index in [0.29, 0.717) is 22.9 Å². The van der Waals surface area contributed by atoms with E-state index in [1.807, 2.05) is 11.0 Å². The average molecular weight is 357 g/mol. The third-order valence-corrected chi connectivity index (χ3v) is 5.59. The summed E-state index contributed by atoms with van der Waals surface area (Å²) in [5.41, 5.74) is 2.59. The predicted octanol–water partition coefficient (Wildman–Crippen LogP) is 2.93. The molecule has 4 rings (SSSR count). The maximum absolute atomic E-state index is 14.9. The third kappa shape index (κ3) is 2.88. The van der Waals surface area contributed by atoms with Gasteiger partial charge in [0.15, 0.2) is 0 Å². The van der Waals surface area contributed by atoms with Crippen LogP contribution in [0.2, 0.25) is 0 Å². The number of fused-ring (bicyclic) bond motifs is 1. The van der Waals surface area contributed by atoms with Crippen LogP contribution in [-0.4, -0.2) is 54.7 Å². The Bertz CT molecular complexity index is 792. The molecule has 0 aromatic heterocycles. The lowest BCUT2D eigenvalue weighted by Crippen LogP contribution is -2.46. The number of piperazine rings is 1. The molecule has 1 saturated carbocycles. The molecular formula is C20H24FN3O2. The fourth-order valence-corrected chi connectivity index (χ4v) is 3.82. The standard InChI is InChI=1S/C20H24FN3O2/c1-3-22-6-8-23(9-7-22)19-11-18-15(10-17(19)21)13(2)16(20(25)26)12-24(18)14-4-5-14/h10-12,14H,2-9H2,1H3,(H,25,26). The summed E-state index contributed by atoms with van der Waals surface area (Å²) in [7, 11) is 0. The van der Waals surface area contributed by atoms with Gasteiger partial charge in [-0.3, -0.25) is 0 Å². The van der Waals surface area contributed by atoms with Crippen LogP contribution in [-0.2, 0) is 4.79 Å². The Balaban J connectivity index is 1.71. The molecule has 2 aliphatic heterocycles. The Hall–Kier alpha value is -2.34. The number of halogens is 1. The number of rotatable bonds is 4. The molecule has 138 valence electrons. The van der Waals surface area contributed by atoms with Gasteiger partial charge in [0.05, 0.1) is 16.9 Å². The van der Waals surface area contributed by atoms with Gasteiger partial charge in [0.1, 0.15) is 5.82 Å². The number of hydrogen-bond donors (Lipinski definition) is 1. The summed E-state index contributed by atoms with van der Waals surface area (Å²) in [6, 6.07) is 3.64. The van der Waals surface area contributed by atoms with Crippen LogP contribution in [0.1, 0.15) is 25.3 Å². The van der Waals surface area contributed by atoms with E-state index >= 15 is 0 Å². The van der Waals surface area contributed by atoms with Crippen LogP contribution in [0, 0.1) is 5.82 Å². The molecule has 1 aromatic carbocycles. The summed E-state index contributed by atoms with van der Waals surface area (Å²) in [6.07, 6.45) is 3.72. The van der Waals surface area contributed by atoms with Crippen LogP contribution in [0.4, 0.5) is 15.8 Å². The quantitative estimate of drug-likeness (QED) is 0.898. The maximum atomic E-state index is 14.9. The number of hydrogen-bond acceptors (Lipinski definition) is 4. The molecule has 0 unspecified atom stereocenters. The van der Waals surface area contributed by atoms with Crippen LogP contribution < -0.4 is 9.80 Å². The highest BCUT2D eigenvalue weighted by Crippen LogP contribution is 2.44. The first-order valence-electron chi connectivity index (χ1n) is 9.23. The highest BCUT2D eigenvalue weighted by atomic mass is 19.1. The van der Waals surface area contributed by atoms with Crippen LogP contribution in [0.5, 0.6) is 0 Å². The van der Waals surface area contributed by atoms with E-state index < -0.39 is 5.97 Å². The van der Waals surface area contributed by atoms with Gasteiger partial charge in [0.25, 0.3) is 0 Å². The number of carboxylic acids is 1. The number of carboxylic acid groups (broad SMARTS) is 1. The summed E-state index contributed by atoms with van der Waals surface area (Å²) < 4.78 is 14.9. The Morgan fingerprint density at radius 1 is 1.23 bits per heavy atom. The minimum Gasteiger partial charge on any atom is -0.478 e. The first kappa shape index (κ1) is 17.1. The van der Waals surface area contributed by atoms with Gasteiger partial charge in [-0.1, -0.05) is 13.5 Å². The monoisotopic (exact) mass is 357 g/mol. The molecule has 26 heavy (non-hydrogen) atoms. The van der Waals surface area contributed by atoms with E-state index in [4.69, 9.17) is 0 Å². The van der Waals surface area contributed by atoms with E-state index in [9.17, 15) is 14.3 Å². The zero-order valence-electron chi connectivity index (χ0n) is 15.0. The molecule has 0 bridgehead atoms. The number of nitrogens with zero attached hydrogens (tertiary/aromatic N) is 3. The van der Waals surface area contributed by atoms with Gasteiger partial charge in [0, 0.05) is 44.0 Å². The second kappa shape index (κ2) is 6.43. The van der Waals surface area contributed by atoms with Crippen LogP contribution >= 0.6 is 0 Å². The lowest BCUT2D eigenvalue weighted by atomic mass is 9.93. The average Bonchev–Trinajstić information content (AvgIpc) is 3.47. The fraction of sp³-hybridized carbons (Fsp3) is 0.450. The number of aliphatic carboxylic acids is 1. The fourth-order valence-electron chi connectivity index (χ4n) is 3.82. The number of anilines is 2. The smallest absolute Gasteiger partial charge is 0.337 e. The van der Waals surface area contributed by atoms with E-state index in [2.05, 4.69) is 23.3 Å². The molecule has 5 nitrogen and oxygen atoms in total. The lowest BCUT2D eigenvalue weighted by Gasteiger charge is -2.37. The Labute approximate surface area is 153 Å². The predicted molar refractivity (Wildman–Crippen MR) is 101 cm³/mol. The topological polar surface area (TPSA) is 47.0 Å². The highest BCUT2D eigenvalue weighted by molar-refractivity contribution is 6.08. The van der Waals surface area contributed by atoms with Crippen LogP contribution in [0.25, 0.3) is 5.57 Å². The molecule has 0 atom stereocenters. The van der Waals surface area contributed by atoms with Gasteiger partial charge in [-0.25, -0.2) is 9.18 Å². The molecule has 2 heterocycles. The highest BCUT2D eigenvalue weighted by Gasteiger charge is 2.35. The van der Waals surface area contributed by atoms with Crippen molar-refractivity contribution < 1.29 is 14.3 Å². The summed E-state index contributed by atoms with van der Waals surface area (Å²) in [6.45, 7) is 10.5. The summed E-state index contributed by atoms with van der Waals surface area (Å²) >= 11 is 0. The maximum Gasteiger partial charge on any atom is 0.337 e. The summed E-state index contributed by atoms with van der Waals surface area (Å²) in [4.78, 5) is 18.0. The molecule has 2 fully saturated rings. The summed E-state index contributed by atoms with van der Waals surface area (Å²) in [5.74, 6) is -1.33. The van der Waals surface area contributed by atoms with Gasteiger partial charge in [-0.05, 0) is 37.1 Å². The number of benzene rings is 1. The first-order chi connectivity index (χ1) is 12.5. The van der Waals surface area contributed by atoms with E-state index in [0.717, 1.165) is 51.3 Å². The normalized spacial score (nSPS) is 20.8. The molecule has 3 aliphatic rings. The van der Waals surface area contributed by atoms with Crippen molar-refractivity contribution in [2.75, 3.05) is 42.5 Å². The van der Waals surface area contributed by atoms with Crippen molar-refractivity contribution in [3.8, 4) is 0 Å². The molecular weight excluding hydrogens is 333 g/mol. The van der Waals surface area contributed by atoms with Gasteiger partial charge < -0.3 is 19.8 Å². The lowest BCUT2D eigenvalue weighted by molar-refractivity contribution is -0.132. The molecule has 0 amide bonds. The van der Waals surface area contributed by atoms with Crippen molar-refractivity contribution in [1.29, 1.82) is 0 Å². The van der Waals surface area contributed by atoms with Crippen molar-refractivity contribution in [2.24, 2.45) is 0 Å². The summed E-state index contributed by atoms with van der Waals surface area (Å²) in [5, 5.41) is 9.47. The van der Waals surface area contributed by atoms with E-state index in [1.165, 1.54) is 6.07 Å². The Kier molecular flexibility index (Phi) is 4.23. The molecule has 1 aliphatic carbocycles. The Morgan fingerprint density at radius 2 is 1.92 bits per heavy atom. The molecule has 1 saturated heterocycles. The van der Waals surface area contributed by atoms with Crippen molar-refractivity contribution >= 4 is 22.9 Å². The zero-order chi connectivity index (χ0) is 18.4. The zero-order valence-corrected chi connectivity index (χ0v) is 15.0. The molecule has 6 heteroatoms. The number of carbonyl (C=O) groups is 1. The third-order valence-electron chi connectivity index (χ3n) is 5.59. The van der Waals surface area contributed by atoms with Gasteiger partial charge >= 0.3 is 5.97 Å². The van der Waals surface area contributed by atoms with Gasteiger partial charge in [0.2, 0.25) is 0 Å². The first-order valence-corrected chi connectivity index (χ1v) is 9.23. The SMILES string of the molecule is C=C1C(C(=O)O)=CN(C2CC2)c2cc(N3CCN(CC)CC3)c(F)cc21. The minimum absolute atomic E-state index is 0.146. The second-order valence-corrected chi connectivity index (χ2v) is 7.21. The van der Waals surface area contributed by atoms with E-state index in [-0.39, 0.29) is 11.4 Å². The van der Waals surface area contributed by atoms with Crippen LogP contribution in [0.15, 0.2) is 30.5 Å². The largest absolute Gasteiger partial charge is 0.478 e. The molecule has 1 aromatic rings. The molecule has 0 radical (unpaired) electrons. The second-order valence-electron chi connectivity index (χ2n) is 7.21. The minimum atomic E-state index is -1.02. The van der Waals surface area contributed by atoms with Gasteiger partial charge in [-0.2, -0.15) is 0 Å².